The summed E-state index contributed by atoms with van der Waals surface area (Å²) in [6, 6.07) is 6.63. The molecule has 2 rings (SSSR count). The number of benzene rings is 1. The topological polar surface area (TPSA) is 59.3 Å². The summed E-state index contributed by atoms with van der Waals surface area (Å²) < 4.78 is 10.2. The molecular formula is C11H8ClNO3. The lowest BCUT2D eigenvalue weighted by molar-refractivity contribution is -0.143. The van der Waals surface area contributed by atoms with Crippen LogP contribution in [0.1, 0.15) is 12.0 Å². The minimum atomic E-state index is -0.566. The predicted octanol–water partition coefficient (Wildman–Crippen LogP) is 1.91. The van der Waals surface area contributed by atoms with Crippen LogP contribution in [0.15, 0.2) is 18.2 Å². The highest BCUT2D eigenvalue weighted by atomic mass is 35.5. The highest BCUT2D eigenvalue weighted by Crippen LogP contribution is 2.24. The van der Waals surface area contributed by atoms with Gasteiger partial charge in [0.05, 0.1) is 17.2 Å². The van der Waals surface area contributed by atoms with Crippen LogP contribution >= 0.6 is 11.6 Å². The first-order valence-corrected chi connectivity index (χ1v) is 5.11. The van der Waals surface area contributed by atoms with Crippen molar-refractivity contribution in [3.05, 3.63) is 28.8 Å². The molecule has 0 aromatic heterocycles. The van der Waals surface area contributed by atoms with Crippen molar-refractivity contribution in [2.24, 2.45) is 0 Å². The zero-order valence-corrected chi connectivity index (χ0v) is 9.03. The third-order valence-corrected chi connectivity index (χ3v) is 2.54. The van der Waals surface area contributed by atoms with E-state index in [9.17, 15) is 4.79 Å². The number of hydrogen-bond acceptors (Lipinski definition) is 4. The maximum atomic E-state index is 11.2. The van der Waals surface area contributed by atoms with Crippen molar-refractivity contribution in [2.75, 3.05) is 6.61 Å². The van der Waals surface area contributed by atoms with Gasteiger partial charge in [0, 0.05) is 12.5 Å². The van der Waals surface area contributed by atoms with Crippen molar-refractivity contribution in [3.8, 4) is 11.8 Å². The summed E-state index contributed by atoms with van der Waals surface area (Å²) in [6.45, 7) is 0.382. The SMILES string of the molecule is N#Cc1ccc(OC2CCOC2=O)cc1Cl. The lowest BCUT2D eigenvalue weighted by Crippen LogP contribution is -2.21. The average molecular weight is 238 g/mol. The third-order valence-electron chi connectivity index (χ3n) is 2.23. The van der Waals surface area contributed by atoms with Crippen LogP contribution in [0.5, 0.6) is 5.75 Å². The molecule has 1 aliphatic rings. The predicted molar refractivity (Wildman–Crippen MR) is 56.2 cm³/mol. The van der Waals surface area contributed by atoms with Gasteiger partial charge in [-0.1, -0.05) is 11.6 Å². The second kappa shape index (κ2) is 4.42. The first-order valence-electron chi connectivity index (χ1n) is 4.73. The number of hydrogen-bond donors (Lipinski definition) is 0. The van der Waals surface area contributed by atoms with Crippen molar-refractivity contribution in [1.29, 1.82) is 5.26 Å². The van der Waals surface area contributed by atoms with Crippen molar-refractivity contribution >= 4 is 17.6 Å². The first-order chi connectivity index (χ1) is 7.70. The Bertz CT molecular complexity index is 467. The zero-order chi connectivity index (χ0) is 11.5. The Morgan fingerprint density at radius 2 is 2.38 bits per heavy atom. The molecule has 0 bridgehead atoms. The van der Waals surface area contributed by atoms with Gasteiger partial charge in [-0.05, 0) is 12.1 Å². The van der Waals surface area contributed by atoms with Crippen molar-refractivity contribution in [2.45, 2.75) is 12.5 Å². The van der Waals surface area contributed by atoms with E-state index in [1.54, 1.807) is 12.1 Å². The summed E-state index contributed by atoms with van der Waals surface area (Å²) in [4.78, 5) is 11.2. The van der Waals surface area contributed by atoms with Gasteiger partial charge in [-0.15, -0.1) is 0 Å². The smallest absolute Gasteiger partial charge is 0.347 e. The quantitative estimate of drug-likeness (QED) is 0.738. The number of ether oxygens (including phenoxy) is 2. The van der Waals surface area contributed by atoms with Gasteiger partial charge in [0.2, 0.25) is 0 Å². The van der Waals surface area contributed by atoms with Crippen LogP contribution < -0.4 is 4.74 Å². The molecule has 1 aliphatic heterocycles. The van der Waals surface area contributed by atoms with Crippen LogP contribution in [0.4, 0.5) is 0 Å². The Balaban J connectivity index is 2.14. The van der Waals surface area contributed by atoms with Crippen LogP contribution in [-0.4, -0.2) is 18.7 Å². The highest BCUT2D eigenvalue weighted by Gasteiger charge is 2.28. The largest absolute Gasteiger partial charge is 0.479 e. The fraction of sp³-hybridized carbons (Fsp3) is 0.273. The lowest BCUT2D eigenvalue weighted by Gasteiger charge is -2.10. The summed E-state index contributed by atoms with van der Waals surface area (Å²) in [5.41, 5.74) is 0.378. The van der Waals surface area contributed by atoms with Gasteiger partial charge >= 0.3 is 5.97 Å². The van der Waals surface area contributed by atoms with Gasteiger partial charge in [-0.25, -0.2) is 4.79 Å². The second-order valence-electron chi connectivity index (χ2n) is 3.32. The molecule has 0 amide bonds. The van der Waals surface area contributed by atoms with Gasteiger partial charge < -0.3 is 9.47 Å². The summed E-state index contributed by atoms with van der Waals surface area (Å²) >= 11 is 5.83. The highest BCUT2D eigenvalue weighted by molar-refractivity contribution is 6.31. The Morgan fingerprint density at radius 3 is 2.94 bits per heavy atom. The van der Waals surface area contributed by atoms with E-state index in [0.29, 0.717) is 29.4 Å². The van der Waals surface area contributed by atoms with Crippen molar-refractivity contribution < 1.29 is 14.3 Å². The molecule has 1 aromatic carbocycles. The van der Waals surface area contributed by atoms with Crippen LogP contribution in [0.25, 0.3) is 0 Å². The van der Waals surface area contributed by atoms with Gasteiger partial charge in [0.15, 0.2) is 6.10 Å². The number of nitriles is 1. The van der Waals surface area contributed by atoms with E-state index in [0.717, 1.165) is 0 Å². The second-order valence-corrected chi connectivity index (χ2v) is 3.72. The monoisotopic (exact) mass is 237 g/mol. The molecule has 1 unspecified atom stereocenters. The van der Waals surface area contributed by atoms with Crippen LogP contribution in [-0.2, 0) is 9.53 Å². The summed E-state index contributed by atoms with van der Waals surface area (Å²) in [7, 11) is 0. The minimum absolute atomic E-state index is 0.311. The number of nitrogens with zero attached hydrogens (tertiary/aromatic N) is 1. The van der Waals surface area contributed by atoms with Crippen LogP contribution in [0, 0.1) is 11.3 Å². The first kappa shape index (κ1) is 10.8. The Kier molecular flexibility index (Phi) is 2.97. The molecule has 5 heteroatoms. The van der Waals surface area contributed by atoms with Gasteiger partial charge in [0.1, 0.15) is 11.8 Å². The number of carbonyl (C=O) groups is 1. The van der Waals surface area contributed by atoms with Crippen molar-refractivity contribution in [1.82, 2.24) is 0 Å². The number of halogens is 1. The molecule has 1 saturated heterocycles. The van der Waals surface area contributed by atoms with Crippen molar-refractivity contribution in [3.63, 3.8) is 0 Å². The molecule has 0 N–H and O–H groups in total. The maximum Gasteiger partial charge on any atom is 0.347 e. The van der Waals surface area contributed by atoms with E-state index in [1.165, 1.54) is 6.07 Å². The summed E-state index contributed by atoms with van der Waals surface area (Å²) in [5, 5.41) is 9.00. The summed E-state index contributed by atoms with van der Waals surface area (Å²) in [5.74, 6) is 0.105. The fourth-order valence-corrected chi connectivity index (χ4v) is 1.62. The molecule has 4 nitrogen and oxygen atoms in total. The molecule has 16 heavy (non-hydrogen) atoms. The zero-order valence-electron chi connectivity index (χ0n) is 8.27. The lowest BCUT2D eigenvalue weighted by atomic mass is 10.2. The molecular weight excluding hydrogens is 230 g/mol. The molecule has 0 radical (unpaired) electrons. The van der Waals surface area contributed by atoms with E-state index >= 15 is 0 Å². The Morgan fingerprint density at radius 1 is 1.56 bits per heavy atom. The van der Waals surface area contributed by atoms with Gasteiger partial charge in [-0.2, -0.15) is 5.26 Å². The molecule has 1 heterocycles. The molecule has 1 fully saturated rings. The van der Waals surface area contributed by atoms with Crippen LogP contribution in [0.2, 0.25) is 5.02 Å². The number of rotatable bonds is 2. The third kappa shape index (κ3) is 2.10. The number of carbonyl (C=O) groups excluding carboxylic acids is 1. The maximum absolute atomic E-state index is 11.2. The van der Waals surface area contributed by atoms with E-state index in [2.05, 4.69) is 0 Å². The molecule has 82 valence electrons. The average Bonchev–Trinajstić information content (AvgIpc) is 2.65. The van der Waals surface area contributed by atoms with E-state index in [4.69, 9.17) is 26.3 Å². The summed E-state index contributed by atoms with van der Waals surface area (Å²) in [6.07, 6.45) is -0.0276. The van der Waals surface area contributed by atoms with Crippen LogP contribution in [0.3, 0.4) is 0 Å². The van der Waals surface area contributed by atoms with E-state index in [-0.39, 0.29) is 5.97 Å². The molecule has 0 spiro atoms. The van der Waals surface area contributed by atoms with E-state index < -0.39 is 6.10 Å². The molecule has 1 aromatic rings. The molecule has 1 atom stereocenters. The Labute approximate surface area is 97.3 Å². The fourth-order valence-electron chi connectivity index (χ4n) is 1.41. The van der Waals surface area contributed by atoms with E-state index in [1.807, 2.05) is 6.07 Å². The number of cyclic esters (lactones) is 1. The van der Waals surface area contributed by atoms with Gasteiger partial charge in [0.25, 0.3) is 0 Å². The normalized spacial score (nSPS) is 19.0. The van der Waals surface area contributed by atoms with Gasteiger partial charge in [-0.3, -0.25) is 0 Å². The Hall–Kier alpha value is -1.73. The standard InChI is InChI=1S/C11H8ClNO3/c12-9-5-8(2-1-7(9)6-13)16-10-3-4-15-11(10)14/h1-2,5,10H,3-4H2. The molecule has 0 aliphatic carbocycles. The molecule has 0 saturated carbocycles. The minimum Gasteiger partial charge on any atom is -0.479 e. The number of esters is 1.